The number of cyclic esters (lactones) is 1. The first-order valence-electron chi connectivity index (χ1n) is 27.9. The number of anilines is 2. The third-order valence-electron chi connectivity index (χ3n) is 15.7. The number of thiocarbonyl (C=S) groups is 2. The molecule has 1 amide bonds. The summed E-state index contributed by atoms with van der Waals surface area (Å²) in [5, 5.41) is 58.7. The van der Waals surface area contributed by atoms with Crippen molar-refractivity contribution in [1.82, 2.24) is 25.5 Å². The van der Waals surface area contributed by atoms with E-state index in [-0.39, 0.29) is 47.8 Å². The van der Waals surface area contributed by atoms with E-state index in [1.54, 1.807) is 79.9 Å². The van der Waals surface area contributed by atoms with Gasteiger partial charge in [-0.25, -0.2) is 14.6 Å². The van der Waals surface area contributed by atoms with Crippen LogP contribution in [-0.2, 0) is 68.0 Å². The molecule has 9 N–H and O–H groups in total. The highest BCUT2D eigenvalue weighted by Gasteiger charge is 2.52. The van der Waals surface area contributed by atoms with Crippen LogP contribution in [0.2, 0.25) is 0 Å². The Kier molecular flexibility index (Phi) is 19.5. The SMILES string of the molecule is CCc1c2c(nc3ccccc13)-c1cc3c(c(=O)n1C2)COC(=O)[C@@]3(CC)OC(=O)[C@H](C)NC(=O)[C@H](CCCCNC(=S)Nc1ccc(OC2O[C@@H](C)[C@@H](O)[C@@H](OC)[C@@H]2O)cc1)NC(=S)Nc1ccc(OC2O[C@@H](C)[C@@H](O)[C@@H](OC)[C@@H]2O)cc1. The molecule has 0 bridgehead atoms. The Balaban J connectivity index is 0.852. The molecular formula is C59H71N7O16S2. The fourth-order valence-electron chi connectivity index (χ4n) is 11.0. The highest BCUT2D eigenvalue weighted by Crippen LogP contribution is 2.42. The second-order valence-corrected chi connectivity index (χ2v) is 21.9. The monoisotopic (exact) mass is 1200 g/mol. The number of methoxy groups -OCH3 is 2. The number of pyridine rings is 2. The van der Waals surface area contributed by atoms with Gasteiger partial charge in [0, 0.05) is 48.7 Å². The zero-order valence-electron chi connectivity index (χ0n) is 47.5. The van der Waals surface area contributed by atoms with E-state index in [2.05, 4.69) is 26.6 Å². The van der Waals surface area contributed by atoms with Gasteiger partial charge in [0.1, 0.15) is 66.8 Å². The number of para-hydroxylation sites is 1. The lowest BCUT2D eigenvalue weighted by Crippen LogP contribution is -2.59. The molecule has 0 aliphatic carbocycles. The summed E-state index contributed by atoms with van der Waals surface area (Å²) in [6, 6.07) is 20.5. The molecule has 4 aliphatic rings. The number of ether oxygens (including phenoxy) is 8. The van der Waals surface area contributed by atoms with Crippen molar-refractivity contribution in [2.24, 2.45) is 0 Å². The highest BCUT2D eigenvalue weighted by molar-refractivity contribution is 7.80. The zero-order valence-corrected chi connectivity index (χ0v) is 49.1. The van der Waals surface area contributed by atoms with Crippen molar-refractivity contribution in [3.63, 3.8) is 0 Å². The number of nitrogens with zero attached hydrogens (tertiary/aromatic N) is 2. The Morgan fingerprint density at radius 3 is 1.94 bits per heavy atom. The molecule has 25 heteroatoms. The summed E-state index contributed by atoms with van der Waals surface area (Å²) in [4.78, 5) is 61.9. The maximum absolute atomic E-state index is 14.4. The predicted molar refractivity (Wildman–Crippen MR) is 315 cm³/mol. The molecule has 4 aliphatic heterocycles. The van der Waals surface area contributed by atoms with Crippen LogP contribution in [0.3, 0.4) is 0 Å². The minimum absolute atomic E-state index is 0.0613. The normalized spacial score (nSPS) is 25.8. The van der Waals surface area contributed by atoms with Crippen molar-refractivity contribution in [2.75, 3.05) is 31.4 Å². The molecule has 9 rings (SSSR count). The Labute approximate surface area is 495 Å². The molecular weight excluding hydrogens is 1130 g/mol. The van der Waals surface area contributed by atoms with E-state index in [9.17, 15) is 39.6 Å². The van der Waals surface area contributed by atoms with Crippen molar-refractivity contribution >= 4 is 74.8 Å². The van der Waals surface area contributed by atoms with Crippen LogP contribution >= 0.6 is 24.4 Å². The number of aliphatic hydroxyl groups excluding tert-OH is 4. The van der Waals surface area contributed by atoms with Crippen molar-refractivity contribution < 1.29 is 72.7 Å². The zero-order chi connectivity index (χ0) is 60.1. The van der Waals surface area contributed by atoms with E-state index in [1.807, 2.05) is 31.2 Å². The molecule has 0 spiro atoms. The Hall–Kier alpha value is -6.91. The van der Waals surface area contributed by atoms with Gasteiger partial charge in [-0.15, -0.1) is 0 Å². The number of amides is 1. The van der Waals surface area contributed by atoms with Crippen molar-refractivity contribution in [3.8, 4) is 22.9 Å². The van der Waals surface area contributed by atoms with Gasteiger partial charge in [-0.3, -0.25) is 9.59 Å². The number of hydrogen-bond acceptors (Lipinski definition) is 19. The summed E-state index contributed by atoms with van der Waals surface area (Å²) >= 11 is 11.3. The van der Waals surface area contributed by atoms with E-state index in [0.29, 0.717) is 65.2 Å². The van der Waals surface area contributed by atoms with Crippen LogP contribution in [0.5, 0.6) is 11.5 Å². The number of nitrogens with one attached hydrogen (secondary N) is 5. The number of hydrogen-bond donors (Lipinski definition) is 9. The average molecular weight is 1200 g/mol. The standard InChI is InChI=1S/C59H71N7O16S2/c1-8-36-37-14-10-11-15-41(37)64-44-38(36)27-66-43(44)26-40-39(52(66)72)28-77-56(74)59(40,9-2)82-53(73)29(3)61-51(71)42(65-58(84)63-33-19-23-35(24-20-33)81-55-48(70)50(76-7)46(68)31(5)79-55)16-12-13-25-60-57(83)62-32-17-21-34(22-18-32)80-54-47(69)49(75-6)45(67)30(4)78-54/h10-11,14-15,17-24,26,29-31,42,45-50,54-55,67-70H,8-9,12-13,16,25,27-28H2,1-7H3,(H,61,71)(H2,60,62,83)(H2,63,65,84)/t29-,30-,31-,42-,45+,46+,47-,48-,49+,50+,54?,55?,59-/m0/s1. The number of esters is 2. The van der Waals surface area contributed by atoms with Gasteiger partial charge in [0.05, 0.1) is 41.2 Å². The molecule has 3 aromatic carbocycles. The number of rotatable bonds is 20. The number of aromatic nitrogens is 2. The third-order valence-corrected chi connectivity index (χ3v) is 16.2. The lowest BCUT2D eigenvalue weighted by molar-refractivity contribution is -0.273. The average Bonchev–Trinajstić information content (AvgIpc) is 1.59. The molecule has 0 radical (unpaired) electrons. The van der Waals surface area contributed by atoms with Crippen LogP contribution in [0.25, 0.3) is 22.3 Å². The molecule has 450 valence electrons. The molecule has 5 aromatic rings. The predicted octanol–water partition coefficient (Wildman–Crippen LogP) is 3.93. The van der Waals surface area contributed by atoms with Crippen LogP contribution in [0.15, 0.2) is 83.7 Å². The van der Waals surface area contributed by atoms with Crippen LogP contribution in [0.4, 0.5) is 11.4 Å². The number of carbonyl (C=O) groups is 3. The first kappa shape index (κ1) is 61.6. The molecule has 23 nitrogen and oxygen atoms in total. The quantitative estimate of drug-likeness (QED) is 0.0297. The maximum Gasteiger partial charge on any atom is 0.355 e. The van der Waals surface area contributed by atoms with Gasteiger partial charge >= 0.3 is 11.9 Å². The van der Waals surface area contributed by atoms with Crippen LogP contribution in [0, 0.1) is 0 Å². The first-order chi connectivity index (χ1) is 40.3. The Bertz CT molecular complexity index is 3300. The molecule has 2 aromatic heterocycles. The van der Waals surface area contributed by atoms with Crippen molar-refractivity contribution in [2.45, 2.75) is 159 Å². The molecule has 6 heterocycles. The summed E-state index contributed by atoms with van der Waals surface area (Å²) in [5.41, 5.74) is 2.94. The highest BCUT2D eigenvalue weighted by atomic mass is 32.1. The van der Waals surface area contributed by atoms with Crippen LogP contribution in [-0.4, -0.2) is 152 Å². The van der Waals surface area contributed by atoms with Gasteiger partial charge in [0.2, 0.25) is 24.1 Å². The minimum Gasteiger partial charge on any atom is -0.462 e. The van der Waals surface area contributed by atoms with Gasteiger partial charge in [0.25, 0.3) is 5.56 Å². The van der Waals surface area contributed by atoms with Crippen molar-refractivity contribution in [1.29, 1.82) is 0 Å². The molecule has 2 unspecified atom stereocenters. The number of aliphatic hydroxyl groups is 4. The lowest BCUT2D eigenvalue weighted by atomic mass is 9.85. The number of fused-ring (bicyclic) bond motifs is 5. The third kappa shape index (κ3) is 12.9. The van der Waals surface area contributed by atoms with E-state index in [0.717, 1.165) is 22.0 Å². The second-order valence-electron chi connectivity index (χ2n) is 21.1. The number of aryl methyl sites for hydroxylation is 1. The van der Waals surface area contributed by atoms with Crippen molar-refractivity contribution in [3.05, 3.63) is 111 Å². The summed E-state index contributed by atoms with van der Waals surface area (Å²) in [7, 11) is 2.77. The summed E-state index contributed by atoms with van der Waals surface area (Å²) in [5.74, 6) is -1.68. The minimum atomic E-state index is -2.03. The molecule has 2 fully saturated rings. The fourth-order valence-corrected chi connectivity index (χ4v) is 11.5. The van der Waals surface area contributed by atoms with Gasteiger partial charge in [-0.2, -0.15) is 0 Å². The Morgan fingerprint density at radius 1 is 0.786 bits per heavy atom. The van der Waals surface area contributed by atoms with E-state index >= 15 is 0 Å². The Morgan fingerprint density at radius 2 is 1.37 bits per heavy atom. The molecule has 2 saturated heterocycles. The fraction of sp³-hybridized carbons (Fsp3) is 0.475. The summed E-state index contributed by atoms with van der Waals surface area (Å²) in [6.45, 7) is 8.79. The van der Waals surface area contributed by atoms with Crippen LogP contribution < -0.4 is 41.6 Å². The van der Waals surface area contributed by atoms with E-state index in [4.69, 9.17) is 67.3 Å². The maximum atomic E-state index is 14.4. The van der Waals surface area contributed by atoms with E-state index < -0.39 is 96.9 Å². The van der Waals surface area contributed by atoms with Gasteiger partial charge < -0.3 is 89.5 Å². The largest absolute Gasteiger partial charge is 0.462 e. The number of carbonyl (C=O) groups excluding carboxylic acids is 3. The topological polar surface area (TPSA) is 301 Å². The first-order valence-corrected chi connectivity index (χ1v) is 28.7. The van der Waals surface area contributed by atoms with Gasteiger partial charge in [-0.05, 0) is 144 Å². The molecule has 84 heavy (non-hydrogen) atoms. The number of benzene rings is 3. The van der Waals surface area contributed by atoms with Gasteiger partial charge in [-0.1, -0.05) is 32.0 Å². The van der Waals surface area contributed by atoms with Crippen LogP contribution in [0.1, 0.15) is 82.6 Å². The molecule has 0 saturated carbocycles. The second kappa shape index (κ2) is 26.6. The van der Waals surface area contributed by atoms with Gasteiger partial charge in [0.15, 0.2) is 10.2 Å². The molecule has 13 atom stereocenters. The number of unbranched alkanes of at least 4 members (excludes halogenated alkanes) is 1. The summed E-state index contributed by atoms with van der Waals surface area (Å²) in [6.07, 6.45) is -8.12. The smallest absolute Gasteiger partial charge is 0.355 e. The lowest BCUT2D eigenvalue weighted by Gasteiger charge is -2.40. The van der Waals surface area contributed by atoms with E-state index in [1.165, 1.54) is 21.1 Å². The summed E-state index contributed by atoms with van der Waals surface area (Å²) < 4.78 is 47.1.